The number of nitrogens with one attached hydrogen (secondary N) is 6. The maximum Gasteiger partial charge on any atom is 0.308 e. The zero-order valence-electron chi connectivity index (χ0n) is 27.2. The van der Waals surface area contributed by atoms with E-state index in [0.29, 0.717) is 10.1 Å². The molecule has 4 aliphatic rings. The summed E-state index contributed by atoms with van der Waals surface area (Å²) in [5, 5.41) is 17.1. The molecule has 1 aromatic rings. The summed E-state index contributed by atoms with van der Waals surface area (Å²) in [7, 11) is 0. The molecule has 2 heterocycles. The monoisotopic (exact) mass is 720 g/mol. The molecule has 6 N–H and O–H groups in total. The second-order valence-corrected chi connectivity index (χ2v) is 12.9. The van der Waals surface area contributed by atoms with Crippen molar-refractivity contribution in [3.63, 3.8) is 0 Å². The fourth-order valence-corrected chi connectivity index (χ4v) is 7.22. The number of rotatable bonds is 6. The van der Waals surface area contributed by atoms with E-state index in [0.717, 1.165) is 35.7 Å². The molecule has 0 unspecified atom stereocenters. The van der Waals surface area contributed by atoms with Gasteiger partial charge in [-0.1, -0.05) is 23.5 Å². The van der Waals surface area contributed by atoms with Gasteiger partial charge in [0, 0.05) is 64.8 Å². The van der Waals surface area contributed by atoms with Crippen molar-refractivity contribution in [1.82, 2.24) is 21.3 Å². The van der Waals surface area contributed by atoms with Crippen molar-refractivity contribution in [1.29, 1.82) is 0 Å². The van der Waals surface area contributed by atoms with E-state index in [1.807, 2.05) is 0 Å². The first-order chi connectivity index (χ1) is 23.5. The number of esters is 2. The number of ether oxygens (including phenoxy) is 2. The largest absolute Gasteiger partial charge is 0.423 e. The molecule has 0 bridgehead atoms. The van der Waals surface area contributed by atoms with Crippen LogP contribution in [0.3, 0.4) is 0 Å². The quantitative estimate of drug-likeness (QED) is 0.183. The third-order valence-corrected chi connectivity index (χ3v) is 8.91. The number of fused-ring (bicyclic) bond motifs is 2. The van der Waals surface area contributed by atoms with Crippen LogP contribution in [0.4, 0.5) is 11.4 Å². The maximum atomic E-state index is 12.8. The van der Waals surface area contributed by atoms with Crippen molar-refractivity contribution in [3.05, 3.63) is 68.3 Å². The first kappa shape index (κ1) is 35.4. The van der Waals surface area contributed by atoms with E-state index in [9.17, 15) is 38.4 Å². The topological polar surface area (TPSA) is 227 Å². The van der Waals surface area contributed by atoms with E-state index in [1.54, 1.807) is 0 Å². The number of anilines is 2. The predicted molar refractivity (Wildman–Crippen MR) is 180 cm³/mol. The van der Waals surface area contributed by atoms with Gasteiger partial charge in [-0.15, -0.1) is 0 Å². The minimum absolute atomic E-state index is 0.0145. The molecule has 0 spiro atoms. The molecule has 50 heavy (non-hydrogen) atoms. The lowest BCUT2D eigenvalue weighted by Gasteiger charge is -2.19. The lowest BCUT2D eigenvalue weighted by molar-refractivity contribution is -0.133. The van der Waals surface area contributed by atoms with E-state index < -0.39 is 47.1 Å². The molecule has 0 atom stereocenters. The van der Waals surface area contributed by atoms with E-state index in [2.05, 4.69) is 31.9 Å². The Bertz CT molecular complexity index is 1890. The van der Waals surface area contributed by atoms with Crippen molar-refractivity contribution < 1.29 is 47.8 Å². The van der Waals surface area contributed by atoms with E-state index >= 15 is 0 Å². The lowest BCUT2D eigenvalue weighted by atomic mass is 10.0. The molecule has 258 valence electrons. The van der Waals surface area contributed by atoms with Crippen LogP contribution >= 0.6 is 23.5 Å². The second-order valence-electron chi connectivity index (χ2n) is 10.9. The third kappa shape index (κ3) is 7.40. The molecule has 16 nitrogen and oxygen atoms in total. The van der Waals surface area contributed by atoms with Gasteiger partial charge in [-0.3, -0.25) is 38.4 Å². The Hall–Kier alpha value is -5.88. The summed E-state index contributed by atoms with van der Waals surface area (Å²) >= 11 is 2.05. The molecule has 0 radical (unpaired) electrons. The van der Waals surface area contributed by atoms with Crippen molar-refractivity contribution in [2.75, 3.05) is 10.6 Å². The molecular weight excluding hydrogens is 693 g/mol. The SMILES string of the molecule is CC(=O)NC1=C/C(=C2\Nc3c(OC(C)=O)c4c(c(OC(C)=O)c3S2)N/C(=C2/C=C(NC(C)=O)C(=O)C=C2NC(C)=O)S4)C(NC(C)=O)=CC1=O. The van der Waals surface area contributed by atoms with Crippen molar-refractivity contribution in [2.24, 2.45) is 0 Å². The minimum atomic E-state index is -0.700. The molecule has 1 aromatic carbocycles. The van der Waals surface area contributed by atoms with E-state index in [1.165, 1.54) is 53.7 Å². The van der Waals surface area contributed by atoms with Gasteiger partial charge < -0.3 is 41.4 Å². The average Bonchev–Trinajstić information content (AvgIpc) is 3.62. The Morgan fingerprint density at radius 3 is 1.14 bits per heavy atom. The number of ketones is 2. The molecule has 2 aliphatic carbocycles. The number of hydrogen-bond acceptors (Lipinski definition) is 14. The Labute approximate surface area is 292 Å². The molecule has 2 aliphatic heterocycles. The van der Waals surface area contributed by atoms with Crippen LogP contribution in [-0.4, -0.2) is 47.1 Å². The summed E-state index contributed by atoms with van der Waals surface area (Å²) in [5.41, 5.74) is 1.05. The Morgan fingerprint density at radius 2 is 0.840 bits per heavy atom. The molecule has 18 heteroatoms. The number of hydrogen-bond donors (Lipinski definition) is 6. The molecular formula is C32H28N6O10S2. The zero-order chi connectivity index (χ0) is 36.6. The van der Waals surface area contributed by atoms with Crippen LogP contribution in [0.2, 0.25) is 0 Å². The van der Waals surface area contributed by atoms with E-state index in [-0.39, 0.29) is 66.6 Å². The smallest absolute Gasteiger partial charge is 0.308 e. The second kappa shape index (κ2) is 13.9. The molecule has 0 fully saturated rings. The highest BCUT2D eigenvalue weighted by atomic mass is 32.2. The van der Waals surface area contributed by atoms with Gasteiger partial charge in [0.15, 0.2) is 11.5 Å². The van der Waals surface area contributed by atoms with Crippen LogP contribution in [0.1, 0.15) is 41.5 Å². The number of carbonyl (C=O) groups excluding carboxylic acids is 8. The molecule has 5 rings (SSSR count). The van der Waals surface area contributed by atoms with Gasteiger partial charge in [0.25, 0.3) is 0 Å². The lowest BCUT2D eigenvalue weighted by Crippen LogP contribution is -2.30. The van der Waals surface area contributed by atoms with Crippen LogP contribution in [-0.2, 0) is 38.4 Å². The highest BCUT2D eigenvalue weighted by Gasteiger charge is 2.39. The summed E-state index contributed by atoms with van der Waals surface area (Å²) in [6, 6.07) is 0. The van der Waals surface area contributed by atoms with Gasteiger partial charge in [-0.2, -0.15) is 0 Å². The third-order valence-electron chi connectivity index (χ3n) is 6.67. The standard InChI is InChI=1S/C32H28N6O10S2/c1-11(39)33-19-9-23(45)21(35-13(3)41)7-17(19)31-37-25-27(47-15(5)43)30-26(28(29(25)49-31)48-16(6)44)38-32(50-30)18-8-22(36-14(4)42)24(46)10-20(18)34-12(2)40/h7-10,37-38H,1-6H3,(H,33,39)(H,34,40)(H,35,41)(H,36,42)/b31-17-,32-18+. The van der Waals surface area contributed by atoms with Crippen molar-refractivity contribution >= 4 is 82.0 Å². The normalized spacial score (nSPS) is 18.9. The Kier molecular flexibility index (Phi) is 9.87. The predicted octanol–water partition coefficient (Wildman–Crippen LogP) is 2.24. The summed E-state index contributed by atoms with van der Waals surface area (Å²) in [6.07, 6.45) is 5.03. The maximum absolute atomic E-state index is 12.8. The highest BCUT2D eigenvalue weighted by Crippen LogP contribution is 2.63. The number of allylic oxidation sites excluding steroid dienone is 4. The summed E-state index contributed by atoms with van der Waals surface area (Å²) in [4.78, 5) is 98.8. The molecule has 0 saturated heterocycles. The Balaban J connectivity index is 1.72. The van der Waals surface area contributed by atoms with Crippen LogP contribution in [0.15, 0.2) is 78.1 Å². The first-order valence-electron chi connectivity index (χ1n) is 14.6. The van der Waals surface area contributed by atoms with Crippen molar-refractivity contribution in [2.45, 2.75) is 51.3 Å². The number of carbonyl (C=O) groups is 8. The van der Waals surface area contributed by atoms with Crippen LogP contribution < -0.4 is 41.4 Å². The van der Waals surface area contributed by atoms with Gasteiger partial charge in [0.1, 0.15) is 11.4 Å². The summed E-state index contributed by atoms with van der Waals surface area (Å²) < 4.78 is 11.4. The molecule has 4 amide bonds. The minimum Gasteiger partial charge on any atom is -0.423 e. The van der Waals surface area contributed by atoms with Gasteiger partial charge >= 0.3 is 11.9 Å². The van der Waals surface area contributed by atoms with Gasteiger partial charge in [-0.05, 0) is 12.2 Å². The fraction of sp³-hybridized carbons (Fsp3) is 0.188. The van der Waals surface area contributed by atoms with Crippen LogP contribution in [0.5, 0.6) is 11.5 Å². The zero-order valence-corrected chi connectivity index (χ0v) is 28.8. The van der Waals surface area contributed by atoms with Crippen molar-refractivity contribution in [3.8, 4) is 11.5 Å². The Morgan fingerprint density at radius 1 is 0.520 bits per heavy atom. The van der Waals surface area contributed by atoms with Crippen LogP contribution in [0, 0.1) is 0 Å². The van der Waals surface area contributed by atoms with Gasteiger partial charge in [0.05, 0.1) is 42.6 Å². The number of amides is 4. The highest BCUT2D eigenvalue weighted by molar-refractivity contribution is 8.04. The van der Waals surface area contributed by atoms with E-state index in [4.69, 9.17) is 9.47 Å². The summed E-state index contributed by atoms with van der Waals surface area (Å²) in [5.74, 6) is -4.47. The summed E-state index contributed by atoms with van der Waals surface area (Å²) in [6.45, 7) is 7.35. The average molecular weight is 721 g/mol. The van der Waals surface area contributed by atoms with Crippen LogP contribution in [0.25, 0.3) is 0 Å². The number of benzene rings is 1. The fourth-order valence-electron chi connectivity index (χ4n) is 4.99. The van der Waals surface area contributed by atoms with Gasteiger partial charge in [-0.25, -0.2) is 0 Å². The first-order valence-corrected chi connectivity index (χ1v) is 16.2. The van der Waals surface area contributed by atoms with Gasteiger partial charge in [0.2, 0.25) is 35.2 Å². The molecule has 0 aromatic heterocycles. The number of thioether (sulfide) groups is 2. The molecule has 0 saturated carbocycles.